The number of likely N-dealkylation sites (N-methyl/N-ethyl adjacent to an activating group) is 1. The van der Waals surface area contributed by atoms with Gasteiger partial charge in [0.15, 0.2) is 0 Å². The fraction of sp³-hybridized carbons (Fsp3) is 0.300. The van der Waals surface area contributed by atoms with Crippen molar-refractivity contribution in [2.75, 3.05) is 38.5 Å². The van der Waals surface area contributed by atoms with Crippen LogP contribution in [-0.2, 0) is 4.79 Å². The number of carbonyl (C=O) groups excluding carboxylic acids is 1. The number of hydrogen-bond acceptors (Lipinski definition) is 4. The van der Waals surface area contributed by atoms with Gasteiger partial charge in [-0.2, -0.15) is 5.26 Å². The zero-order valence-corrected chi connectivity index (χ0v) is 14.4. The van der Waals surface area contributed by atoms with Gasteiger partial charge in [0.05, 0.1) is 24.2 Å². The summed E-state index contributed by atoms with van der Waals surface area (Å²) in [5.74, 6) is 0.0892. The lowest BCUT2D eigenvalue weighted by Gasteiger charge is -2.40. The van der Waals surface area contributed by atoms with Gasteiger partial charge in [0.2, 0.25) is 5.91 Å². The molecule has 0 saturated carbocycles. The molecule has 1 unspecified atom stereocenters. The number of piperazine rings is 1. The van der Waals surface area contributed by atoms with E-state index in [-0.39, 0.29) is 18.5 Å². The van der Waals surface area contributed by atoms with Crippen LogP contribution in [0.15, 0.2) is 54.6 Å². The van der Waals surface area contributed by atoms with E-state index in [9.17, 15) is 4.79 Å². The first kappa shape index (κ1) is 17.0. The van der Waals surface area contributed by atoms with Crippen LogP contribution in [0.2, 0.25) is 0 Å². The number of benzene rings is 2. The van der Waals surface area contributed by atoms with E-state index in [0.717, 1.165) is 25.3 Å². The van der Waals surface area contributed by atoms with E-state index in [1.807, 2.05) is 35.2 Å². The Bertz CT molecular complexity index is 752. The van der Waals surface area contributed by atoms with Crippen molar-refractivity contribution >= 4 is 11.6 Å². The monoisotopic (exact) mass is 334 g/mol. The second-order valence-electron chi connectivity index (χ2n) is 6.32. The summed E-state index contributed by atoms with van der Waals surface area (Å²) in [6.45, 7) is 2.70. The normalized spacial score (nSPS) is 17.8. The Morgan fingerprint density at radius 1 is 1.16 bits per heavy atom. The first-order valence-electron chi connectivity index (χ1n) is 8.44. The molecule has 2 aromatic carbocycles. The van der Waals surface area contributed by atoms with Gasteiger partial charge in [-0.05, 0) is 36.9 Å². The molecule has 3 rings (SSSR count). The van der Waals surface area contributed by atoms with Gasteiger partial charge in [-0.25, -0.2) is 0 Å². The highest BCUT2D eigenvalue weighted by molar-refractivity contribution is 5.81. The zero-order chi connectivity index (χ0) is 17.6. The maximum absolute atomic E-state index is 12.8. The molecular formula is C20H22N4O. The Morgan fingerprint density at radius 3 is 2.56 bits per heavy atom. The second kappa shape index (κ2) is 7.82. The summed E-state index contributed by atoms with van der Waals surface area (Å²) in [6.07, 6.45) is 0. The van der Waals surface area contributed by atoms with Crippen LogP contribution in [0.5, 0.6) is 0 Å². The van der Waals surface area contributed by atoms with E-state index in [4.69, 9.17) is 5.26 Å². The molecule has 0 bridgehead atoms. The average molecular weight is 334 g/mol. The van der Waals surface area contributed by atoms with Crippen LogP contribution in [0, 0.1) is 11.3 Å². The standard InChI is InChI=1S/C20H22N4O/c1-23-11-12-24(19(15-23)17-5-3-2-4-6-17)20(25)14-22-18-9-7-16(13-21)8-10-18/h2-10,19,22H,11-12,14-15H2,1H3. The summed E-state index contributed by atoms with van der Waals surface area (Å²) in [4.78, 5) is 17.0. The van der Waals surface area contributed by atoms with E-state index < -0.39 is 0 Å². The fourth-order valence-electron chi connectivity index (χ4n) is 3.12. The third-order valence-electron chi connectivity index (χ3n) is 4.55. The van der Waals surface area contributed by atoms with Crippen LogP contribution in [0.3, 0.4) is 0 Å². The molecule has 1 amide bonds. The van der Waals surface area contributed by atoms with Crippen molar-refractivity contribution in [2.24, 2.45) is 0 Å². The summed E-state index contributed by atoms with van der Waals surface area (Å²) in [7, 11) is 2.09. The molecule has 25 heavy (non-hydrogen) atoms. The third-order valence-corrected chi connectivity index (χ3v) is 4.55. The van der Waals surface area contributed by atoms with Crippen molar-refractivity contribution in [3.05, 3.63) is 65.7 Å². The summed E-state index contributed by atoms with van der Waals surface area (Å²) < 4.78 is 0. The lowest BCUT2D eigenvalue weighted by Crippen LogP contribution is -2.50. The Balaban J connectivity index is 1.67. The van der Waals surface area contributed by atoms with Crippen molar-refractivity contribution in [1.82, 2.24) is 9.80 Å². The predicted molar refractivity (Wildman–Crippen MR) is 98.0 cm³/mol. The average Bonchev–Trinajstić information content (AvgIpc) is 2.67. The Hall–Kier alpha value is -2.84. The second-order valence-corrected chi connectivity index (χ2v) is 6.32. The van der Waals surface area contributed by atoms with E-state index >= 15 is 0 Å². The van der Waals surface area contributed by atoms with Crippen molar-refractivity contribution in [1.29, 1.82) is 5.26 Å². The smallest absolute Gasteiger partial charge is 0.242 e. The van der Waals surface area contributed by atoms with E-state index in [1.165, 1.54) is 5.56 Å². The molecule has 1 N–H and O–H groups in total. The Kier molecular flexibility index (Phi) is 5.32. The highest BCUT2D eigenvalue weighted by Gasteiger charge is 2.29. The van der Waals surface area contributed by atoms with Gasteiger partial charge in [-0.1, -0.05) is 30.3 Å². The number of amides is 1. The lowest BCUT2D eigenvalue weighted by molar-refractivity contribution is -0.134. The summed E-state index contributed by atoms with van der Waals surface area (Å²) >= 11 is 0. The van der Waals surface area contributed by atoms with Crippen LogP contribution in [0.4, 0.5) is 5.69 Å². The van der Waals surface area contributed by atoms with Gasteiger partial charge in [0.25, 0.3) is 0 Å². The van der Waals surface area contributed by atoms with Gasteiger partial charge >= 0.3 is 0 Å². The highest BCUT2D eigenvalue weighted by Crippen LogP contribution is 2.25. The van der Waals surface area contributed by atoms with Crippen molar-refractivity contribution in [3.63, 3.8) is 0 Å². The highest BCUT2D eigenvalue weighted by atomic mass is 16.2. The number of nitrogens with zero attached hydrogens (tertiary/aromatic N) is 3. The minimum absolute atomic E-state index is 0.0789. The molecule has 5 nitrogen and oxygen atoms in total. The molecule has 1 saturated heterocycles. The minimum Gasteiger partial charge on any atom is -0.376 e. The molecule has 1 aliphatic rings. The fourth-order valence-corrected chi connectivity index (χ4v) is 3.12. The van der Waals surface area contributed by atoms with E-state index in [0.29, 0.717) is 5.56 Å². The molecule has 2 aromatic rings. The summed E-state index contributed by atoms with van der Waals surface area (Å²) in [6, 6.07) is 19.5. The van der Waals surface area contributed by atoms with Crippen molar-refractivity contribution < 1.29 is 4.79 Å². The summed E-state index contributed by atoms with van der Waals surface area (Å²) in [5.41, 5.74) is 2.62. The van der Waals surface area contributed by atoms with Gasteiger partial charge in [0.1, 0.15) is 0 Å². The molecule has 1 aliphatic heterocycles. The van der Waals surface area contributed by atoms with Crippen LogP contribution >= 0.6 is 0 Å². The van der Waals surface area contributed by atoms with Crippen LogP contribution in [0.25, 0.3) is 0 Å². The molecule has 5 heteroatoms. The molecular weight excluding hydrogens is 312 g/mol. The van der Waals surface area contributed by atoms with Crippen LogP contribution in [0.1, 0.15) is 17.2 Å². The van der Waals surface area contributed by atoms with Crippen molar-refractivity contribution in [3.8, 4) is 6.07 Å². The summed E-state index contributed by atoms with van der Waals surface area (Å²) in [5, 5.41) is 12.0. The molecule has 1 heterocycles. The lowest BCUT2D eigenvalue weighted by atomic mass is 10.0. The van der Waals surface area contributed by atoms with Gasteiger partial charge in [-0.3, -0.25) is 4.79 Å². The van der Waals surface area contributed by atoms with Gasteiger partial charge < -0.3 is 15.1 Å². The maximum Gasteiger partial charge on any atom is 0.242 e. The molecule has 1 fully saturated rings. The Morgan fingerprint density at radius 2 is 1.88 bits per heavy atom. The first-order chi connectivity index (χ1) is 12.2. The molecule has 0 aliphatic carbocycles. The third kappa shape index (κ3) is 4.17. The largest absolute Gasteiger partial charge is 0.376 e. The number of anilines is 1. The van der Waals surface area contributed by atoms with Crippen LogP contribution < -0.4 is 5.32 Å². The molecule has 128 valence electrons. The number of rotatable bonds is 4. The maximum atomic E-state index is 12.8. The molecule has 0 aromatic heterocycles. The SMILES string of the molecule is CN1CCN(C(=O)CNc2ccc(C#N)cc2)C(c2ccccc2)C1. The number of nitrogens with one attached hydrogen (secondary N) is 1. The molecule has 0 spiro atoms. The van der Waals surface area contributed by atoms with Gasteiger partial charge in [0, 0.05) is 25.3 Å². The first-order valence-corrected chi connectivity index (χ1v) is 8.44. The van der Waals surface area contributed by atoms with E-state index in [1.54, 1.807) is 12.1 Å². The topological polar surface area (TPSA) is 59.4 Å². The number of hydrogen-bond donors (Lipinski definition) is 1. The Labute approximate surface area is 148 Å². The molecule has 1 atom stereocenters. The number of nitriles is 1. The zero-order valence-electron chi connectivity index (χ0n) is 14.4. The minimum atomic E-state index is 0.0789. The van der Waals surface area contributed by atoms with E-state index in [2.05, 4.69) is 35.5 Å². The number of carbonyl (C=O) groups is 1. The quantitative estimate of drug-likeness (QED) is 0.933. The molecule has 0 radical (unpaired) electrons. The van der Waals surface area contributed by atoms with Crippen LogP contribution in [-0.4, -0.2) is 48.9 Å². The van der Waals surface area contributed by atoms with Crippen molar-refractivity contribution in [2.45, 2.75) is 6.04 Å². The van der Waals surface area contributed by atoms with Gasteiger partial charge in [-0.15, -0.1) is 0 Å². The predicted octanol–water partition coefficient (Wildman–Crippen LogP) is 2.49.